The molecule has 0 fully saturated rings. The molecule has 12 aromatic rings. The molecule has 0 bridgehead atoms. The molecule has 0 atom stereocenters. The molecule has 2 aromatic heterocycles. The molecule has 0 N–H and O–H groups in total. The first kappa shape index (κ1) is 63.1. The summed E-state index contributed by atoms with van der Waals surface area (Å²) in [4.78, 5) is 16.6. The summed E-state index contributed by atoms with van der Waals surface area (Å²) in [7, 11) is 6.84. The van der Waals surface area contributed by atoms with Crippen LogP contribution in [0.4, 0.5) is 34.1 Å². The van der Waals surface area contributed by atoms with Gasteiger partial charge in [-0.25, -0.2) is 9.97 Å². The number of benzene rings is 10. The number of aromatic nitrogens is 4. The quantitative estimate of drug-likeness (QED) is 0.0392. The van der Waals surface area contributed by atoms with E-state index in [4.69, 9.17) is 28.9 Å². The predicted octanol–water partition coefficient (Wildman–Crippen LogP) is 22.9. The van der Waals surface area contributed by atoms with Gasteiger partial charge in [-0.1, -0.05) is 120 Å². The molecule has 0 saturated heterocycles. The van der Waals surface area contributed by atoms with Crippen molar-refractivity contribution in [3.05, 3.63) is 181 Å². The minimum absolute atomic E-state index is 0.176. The summed E-state index contributed by atoms with van der Waals surface area (Å²) >= 11 is 0. The fourth-order valence-corrected chi connectivity index (χ4v) is 13.6. The largest absolute Gasteiger partial charge is 0.497 e. The van der Waals surface area contributed by atoms with Gasteiger partial charge in [-0.3, -0.25) is 0 Å². The van der Waals surface area contributed by atoms with Gasteiger partial charge in [-0.2, -0.15) is 0 Å². The lowest BCUT2D eigenvalue weighted by molar-refractivity contribution is 0.414. The molecular weight excluding hydrogens is 1130 g/mol. The predicted molar refractivity (Wildman–Crippen MR) is 387 cm³/mol. The number of rotatable bonds is 26. The smallest absolute Gasteiger partial charge is 0.141 e. The van der Waals surface area contributed by atoms with Crippen LogP contribution in [-0.4, -0.2) is 47.5 Å². The van der Waals surface area contributed by atoms with E-state index in [1.54, 1.807) is 28.4 Å². The second-order valence-electron chi connectivity index (χ2n) is 27.1. The molecule has 0 spiro atoms. The van der Waals surface area contributed by atoms with E-state index < -0.39 is 0 Å². The van der Waals surface area contributed by atoms with Crippen molar-refractivity contribution in [2.75, 3.05) is 38.2 Å². The Kier molecular flexibility index (Phi) is 18.6. The SMILES string of the molecule is CCCCCCCCn1c(-c2ccc(N(c3ccc(OC)cc3)c3ccc(OC)cc3)cc2)nc2c3cc(C(C)(C)C)cc4c3c3c(cc(C(C)(C)C)cc3c21)c1nc(-c2ccc(N(c3ccc(OC)cc3)c3ccc(OC)cc3)cc2)n(CCCCCCCC)c41. The summed E-state index contributed by atoms with van der Waals surface area (Å²) in [6, 6.07) is 61.3. The minimum atomic E-state index is -0.176. The number of fused-ring (bicyclic) bond motifs is 6. The molecule has 0 saturated carbocycles. The van der Waals surface area contributed by atoms with Crippen molar-refractivity contribution in [1.82, 2.24) is 19.1 Å². The number of imidazole rings is 2. The van der Waals surface area contributed by atoms with Crippen LogP contribution in [0.2, 0.25) is 0 Å². The Balaban J connectivity index is 1.10. The number of unbranched alkanes of at least 4 members (excludes halogenated alkanes) is 10. The number of hydrogen-bond donors (Lipinski definition) is 0. The summed E-state index contributed by atoms with van der Waals surface area (Å²) in [5.41, 5.74) is 15.1. The first-order chi connectivity index (χ1) is 44.6. The van der Waals surface area contributed by atoms with Gasteiger partial charge in [0.1, 0.15) is 34.6 Å². The van der Waals surface area contributed by atoms with Crippen molar-refractivity contribution >= 4 is 88.5 Å². The van der Waals surface area contributed by atoms with E-state index in [9.17, 15) is 0 Å². The molecule has 474 valence electrons. The normalized spacial score (nSPS) is 12.1. The van der Waals surface area contributed by atoms with E-state index in [1.807, 2.05) is 48.5 Å². The second-order valence-corrected chi connectivity index (χ2v) is 27.1. The van der Waals surface area contributed by atoms with Crippen LogP contribution in [0.3, 0.4) is 0 Å². The molecule has 10 aromatic carbocycles. The first-order valence-electron chi connectivity index (χ1n) is 33.6. The third-order valence-electron chi connectivity index (χ3n) is 18.8. The molecule has 0 unspecified atom stereocenters. The summed E-state index contributed by atoms with van der Waals surface area (Å²) in [6.45, 7) is 20.4. The van der Waals surface area contributed by atoms with Crippen molar-refractivity contribution < 1.29 is 18.9 Å². The standard InChI is InChI=1S/C82H92N6O4/c1-13-15-17-19-21-23-49-85-77-71-53-57(81(3,4)5)52-70-73(71)74-69(75(77)83-79(85)55-25-29-59(30-26-55)87(61-33-41-65(89-9)42-34-61)62-35-43-66(90-10)44-36-62)51-58(82(6,7)8)54-72(74)78-76(70)84-80(86(78)50-24-22-20-18-16-14-2)56-27-31-60(32-28-56)88(63-37-45-67(91-11)46-38-63)64-39-47-68(92-12)48-40-64/h25-48,51-54H,13-24,49-50H2,1-12H3. The molecule has 12 rings (SSSR count). The molecular formula is C82H92N6O4. The third-order valence-corrected chi connectivity index (χ3v) is 18.8. The lowest BCUT2D eigenvalue weighted by Crippen LogP contribution is -2.12. The van der Waals surface area contributed by atoms with Gasteiger partial charge >= 0.3 is 0 Å². The number of nitrogens with zero attached hydrogens (tertiary/aromatic N) is 6. The van der Waals surface area contributed by atoms with Crippen molar-refractivity contribution in [2.45, 2.75) is 156 Å². The first-order valence-corrected chi connectivity index (χ1v) is 33.6. The van der Waals surface area contributed by atoms with Crippen LogP contribution in [0.25, 0.3) is 77.2 Å². The minimum Gasteiger partial charge on any atom is -0.497 e. The summed E-state index contributed by atoms with van der Waals surface area (Å²) in [6.07, 6.45) is 14.3. The molecule has 0 aliphatic rings. The maximum Gasteiger partial charge on any atom is 0.141 e. The average molecular weight is 1230 g/mol. The highest BCUT2D eigenvalue weighted by Gasteiger charge is 2.30. The highest BCUT2D eigenvalue weighted by atomic mass is 16.5. The number of ether oxygens (including phenoxy) is 4. The molecule has 0 amide bonds. The number of aryl methyl sites for hydroxylation is 2. The van der Waals surface area contributed by atoms with E-state index in [0.29, 0.717) is 0 Å². The van der Waals surface area contributed by atoms with Crippen LogP contribution in [-0.2, 0) is 23.9 Å². The molecule has 10 heteroatoms. The second kappa shape index (κ2) is 27.0. The van der Waals surface area contributed by atoms with Gasteiger partial charge in [0.2, 0.25) is 0 Å². The highest BCUT2D eigenvalue weighted by molar-refractivity contribution is 6.39. The lowest BCUT2D eigenvalue weighted by atomic mass is 9.80. The van der Waals surface area contributed by atoms with E-state index in [-0.39, 0.29) is 10.8 Å². The Morgan fingerprint density at radius 2 is 0.598 bits per heavy atom. The Hall–Kier alpha value is -9.02. The van der Waals surface area contributed by atoms with Gasteiger partial charge in [-0.05, 0) is 205 Å². The van der Waals surface area contributed by atoms with Crippen molar-refractivity contribution in [1.29, 1.82) is 0 Å². The highest BCUT2D eigenvalue weighted by Crippen LogP contribution is 2.50. The van der Waals surface area contributed by atoms with Gasteiger partial charge < -0.3 is 37.9 Å². The number of methoxy groups -OCH3 is 4. The number of hydrogen-bond acceptors (Lipinski definition) is 8. The Labute approximate surface area is 545 Å². The molecule has 2 heterocycles. The maximum absolute atomic E-state index is 6.01. The number of anilines is 6. The Morgan fingerprint density at radius 3 is 0.870 bits per heavy atom. The topological polar surface area (TPSA) is 79.0 Å². The average Bonchev–Trinajstić information content (AvgIpc) is 1.38. The molecule has 0 aliphatic heterocycles. The summed E-state index contributed by atoms with van der Waals surface area (Å²) in [5.74, 6) is 5.23. The van der Waals surface area contributed by atoms with Crippen LogP contribution < -0.4 is 28.7 Å². The van der Waals surface area contributed by atoms with E-state index in [2.05, 4.69) is 196 Å². The fraction of sp³-hybridized carbons (Fsp3) is 0.341. The van der Waals surface area contributed by atoms with Gasteiger partial charge in [0.05, 0.1) is 50.5 Å². The molecule has 0 aliphatic carbocycles. The zero-order valence-corrected chi connectivity index (χ0v) is 56.4. The van der Waals surface area contributed by atoms with Crippen molar-refractivity contribution in [3.63, 3.8) is 0 Å². The van der Waals surface area contributed by atoms with Gasteiger partial charge in [0.25, 0.3) is 0 Å². The van der Waals surface area contributed by atoms with Crippen molar-refractivity contribution in [3.8, 4) is 45.8 Å². The third kappa shape index (κ3) is 12.6. The van der Waals surface area contributed by atoms with Crippen LogP contribution >= 0.6 is 0 Å². The summed E-state index contributed by atoms with van der Waals surface area (Å²) in [5, 5.41) is 7.42. The molecule has 0 radical (unpaired) electrons. The monoisotopic (exact) mass is 1220 g/mol. The zero-order valence-electron chi connectivity index (χ0n) is 56.4. The van der Waals surface area contributed by atoms with Crippen LogP contribution in [0, 0.1) is 0 Å². The van der Waals surface area contributed by atoms with E-state index >= 15 is 0 Å². The lowest BCUT2D eigenvalue weighted by Gasteiger charge is -2.26. The van der Waals surface area contributed by atoms with Gasteiger partial charge in [-0.15, -0.1) is 0 Å². The fourth-order valence-electron chi connectivity index (χ4n) is 13.6. The van der Waals surface area contributed by atoms with E-state index in [0.717, 1.165) is 130 Å². The Bertz CT molecular complexity index is 4070. The van der Waals surface area contributed by atoms with Gasteiger partial charge in [0.15, 0.2) is 0 Å². The zero-order chi connectivity index (χ0) is 64.3. The van der Waals surface area contributed by atoms with Crippen molar-refractivity contribution in [2.24, 2.45) is 0 Å². The summed E-state index contributed by atoms with van der Waals surface area (Å²) < 4.78 is 27.7. The van der Waals surface area contributed by atoms with Crippen LogP contribution in [0.5, 0.6) is 23.0 Å². The van der Waals surface area contributed by atoms with Crippen LogP contribution in [0.1, 0.15) is 144 Å². The van der Waals surface area contributed by atoms with E-state index in [1.165, 1.54) is 106 Å². The van der Waals surface area contributed by atoms with Crippen LogP contribution in [0.15, 0.2) is 170 Å². The maximum atomic E-state index is 6.01. The Morgan fingerprint density at radius 1 is 0.337 bits per heavy atom. The van der Waals surface area contributed by atoms with Gasteiger partial charge in [0, 0.05) is 90.7 Å². The molecule has 10 nitrogen and oxygen atoms in total. The molecule has 92 heavy (non-hydrogen) atoms.